The van der Waals surface area contributed by atoms with Gasteiger partial charge in [-0.1, -0.05) is 0 Å². The molecule has 0 saturated carbocycles. The molecule has 12 heavy (non-hydrogen) atoms. The normalized spacial score (nSPS) is 12.1. The minimum absolute atomic E-state index is 1.51. The quantitative estimate of drug-likeness (QED) is 0.269. The molecule has 0 radical (unpaired) electrons. The number of halogens is 5. The molecule has 0 unspecified atom stereocenters. The SMILES string of the molecule is [N-]=[N+]=NC(=O)C(F)(F)C(F)(F)F. The van der Waals surface area contributed by atoms with Gasteiger partial charge in [0.25, 0.3) is 5.91 Å². The minimum Gasteiger partial charge on any atom is -0.285 e. The predicted molar refractivity (Wildman–Crippen MR) is 25.2 cm³/mol. The molecular formula is C3F5N3O. The molecule has 0 bridgehead atoms. The van der Waals surface area contributed by atoms with Gasteiger partial charge in [0.1, 0.15) is 0 Å². The maximum atomic E-state index is 11.8. The number of hydrogen-bond donors (Lipinski definition) is 0. The van der Waals surface area contributed by atoms with Crippen molar-refractivity contribution in [1.82, 2.24) is 0 Å². The van der Waals surface area contributed by atoms with Crippen molar-refractivity contribution in [1.29, 1.82) is 0 Å². The summed E-state index contributed by atoms with van der Waals surface area (Å²) in [4.78, 5) is 11.3. The zero-order valence-corrected chi connectivity index (χ0v) is 5.14. The van der Waals surface area contributed by atoms with Gasteiger partial charge >= 0.3 is 12.1 Å². The van der Waals surface area contributed by atoms with E-state index in [0.29, 0.717) is 0 Å². The van der Waals surface area contributed by atoms with E-state index in [0.717, 1.165) is 0 Å². The lowest BCUT2D eigenvalue weighted by molar-refractivity contribution is -0.268. The maximum absolute atomic E-state index is 11.8. The second-order valence-electron chi connectivity index (χ2n) is 1.57. The molecule has 1 amide bonds. The van der Waals surface area contributed by atoms with Crippen molar-refractivity contribution >= 4 is 5.91 Å². The third-order valence-corrected chi connectivity index (χ3v) is 0.760. The van der Waals surface area contributed by atoms with Crippen molar-refractivity contribution in [2.45, 2.75) is 12.1 Å². The Bertz CT molecular complexity index is 239. The standard InChI is InChI=1S/C3F5N3O/c4-2(5,3(6,7)8)1(12)10-11-9. The number of azide groups is 1. The van der Waals surface area contributed by atoms with Crippen molar-refractivity contribution in [2.24, 2.45) is 5.11 Å². The molecule has 0 atom stereocenters. The molecule has 0 aliphatic heterocycles. The molecule has 68 valence electrons. The molecule has 0 aromatic rings. The summed E-state index contributed by atoms with van der Waals surface area (Å²) in [5.74, 6) is -8.48. The summed E-state index contributed by atoms with van der Waals surface area (Å²) < 4.78 is 57.3. The highest BCUT2D eigenvalue weighted by atomic mass is 19.4. The van der Waals surface area contributed by atoms with Gasteiger partial charge in [0.05, 0.1) is 0 Å². The number of nitrogens with zero attached hydrogens (tertiary/aromatic N) is 3. The Hall–Kier alpha value is -1.37. The van der Waals surface area contributed by atoms with E-state index in [2.05, 4.69) is 0 Å². The van der Waals surface area contributed by atoms with Gasteiger partial charge in [-0.25, -0.2) is 0 Å². The fraction of sp³-hybridized carbons (Fsp3) is 0.667. The molecule has 0 aliphatic carbocycles. The number of amides is 1. The van der Waals surface area contributed by atoms with Crippen LogP contribution in [0.25, 0.3) is 10.4 Å². The van der Waals surface area contributed by atoms with E-state index in [9.17, 15) is 26.7 Å². The molecule has 0 N–H and O–H groups in total. The minimum atomic E-state index is -6.03. The molecule has 0 rings (SSSR count). The van der Waals surface area contributed by atoms with Crippen LogP contribution in [0.3, 0.4) is 0 Å². The number of carbonyl (C=O) groups is 1. The first-order valence-corrected chi connectivity index (χ1v) is 2.27. The topological polar surface area (TPSA) is 65.8 Å². The van der Waals surface area contributed by atoms with Crippen LogP contribution in [0, 0.1) is 0 Å². The summed E-state index contributed by atoms with van der Waals surface area (Å²) in [6.45, 7) is 0. The fourth-order valence-electron chi connectivity index (χ4n) is 0.225. The van der Waals surface area contributed by atoms with Crippen LogP contribution >= 0.6 is 0 Å². The van der Waals surface area contributed by atoms with Crippen LogP contribution in [0.2, 0.25) is 0 Å². The van der Waals surface area contributed by atoms with E-state index in [4.69, 9.17) is 5.53 Å². The van der Waals surface area contributed by atoms with Crippen LogP contribution in [0.4, 0.5) is 22.0 Å². The Kier molecular flexibility index (Phi) is 2.60. The Labute approximate surface area is 61.6 Å². The number of alkyl halides is 5. The molecule has 0 aromatic heterocycles. The summed E-state index contributed by atoms with van der Waals surface area (Å²) in [7, 11) is 0. The zero-order valence-electron chi connectivity index (χ0n) is 5.14. The lowest BCUT2D eigenvalue weighted by atomic mass is 10.3. The summed E-state index contributed by atoms with van der Waals surface area (Å²) in [5.41, 5.74) is 7.40. The Morgan fingerprint density at radius 1 is 1.25 bits per heavy atom. The van der Waals surface area contributed by atoms with Crippen molar-refractivity contribution in [3.05, 3.63) is 10.4 Å². The van der Waals surface area contributed by atoms with E-state index in [1.54, 1.807) is 5.11 Å². The van der Waals surface area contributed by atoms with E-state index in [1.807, 2.05) is 0 Å². The molecule has 0 heterocycles. The highest BCUT2D eigenvalue weighted by Crippen LogP contribution is 2.36. The maximum Gasteiger partial charge on any atom is 0.461 e. The second kappa shape index (κ2) is 2.94. The van der Waals surface area contributed by atoms with Crippen LogP contribution in [0.5, 0.6) is 0 Å². The van der Waals surface area contributed by atoms with Crippen LogP contribution in [-0.2, 0) is 4.79 Å². The Balaban J connectivity index is 4.85. The average Bonchev–Trinajstić information content (AvgIpc) is 1.85. The van der Waals surface area contributed by atoms with Crippen molar-refractivity contribution in [3.63, 3.8) is 0 Å². The first-order chi connectivity index (χ1) is 5.23. The molecule has 0 fully saturated rings. The smallest absolute Gasteiger partial charge is 0.285 e. The first kappa shape index (κ1) is 10.6. The molecule has 0 aliphatic rings. The van der Waals surface area contributed by atoms with Crippen molar-refractivity contribution < 1.29 is 26.7 Å². The third-order valence-electron chi connectivity index (χ3n) is 0.760. The average molecular weight is 189 g/mol. The molecule has 0 aromatic carbocycles. The second-order valence-corrected chi connectivity index (χ2v) is 1.57. The summed E-state index contributed by atoms with van der Waals surface area (Å²) in [6, 6.07) is 0. The molecular weight excluding hydrogens is 189 g/mol. The van der Waals surface area contributed by atoms with E-state index < -0.39 is 18.0 Å². The predicted octanol–water partition coefficient (Wildman–Crippen LogP) is 2.02. The molecule has 0 saturated heterocycles. The van der Waals surface area contributed by atoms with Crippen LogP contribution in [0.15, 0.2) is 5.11 Å². The van der Waals surface area contributed by atoms with Crippen LogP contribution in [-0.4, -0.2) is 18.0 Å². The molecule has 4 nitrogen and oxygen atoms in total. The Morgan fingerprint density at radius 3 is 1.92 bits per heavy atom. The molecule has 0 spiro atoms. The monoisotopic (exact) mass is 189 g/mol. The van der Waals surface area contributed by atoms with Gasteiger partial charge < -0.3 is 0 Å². The van der Waals surface area contributed by atoms with Crippen molar-refractivity contribution in [3.8, 4) is 0 Å². The van der Waals surface area contributed by atoms with Gasteiger partial charge in [0, 0.05) is 4.91 Å². The van der Waals surface area contributed by atoms with Gasteiger partial charge in [-0.05, 0) is 10.6 Å². The van der Waals surface area contributed by atoms with Gasteiger partial charge in [-0.2, -0.15) is 22.0 Å². The largest absolute Gasteiger partial charge is 0.461 e. The number of rotatable bonds is 1. The van der Waals surface area contributed by atoms with Crippen LogP contribution < -0.4 is 0 Å². The number of hydrogen-bond acceptors (Lipinski definition) is 1. The van der Waals surface area contributed by atoms with Crippen LogP contribution in [0.1, 0.15) is 0 Å². The number of carbonyl (C=O) groups excluding carboxylic acids is 1. The highest BCUT2D eigenvalue weighted by Gasteiger charge is 2.62. The zero-order chi connectivity index (χ0) is 9.99. The van der Waals surface area contributed by atoms with E-state index >= 15 is 0 Å². The summed E-state index contributed by atoms with van der Waals surface area (Å²) >= 11 is 0. The van der Waals surface area contributed by atoms with Gasteiger partial charge in [0.2, 0.25) is 0 Å². The third kappa shape index (κ3) is 1.82. The van der Waals surface area contributed by atoms with Gasteiger partial charge in [0.15, 0.2) is 0 Å². The Morgan fingerprint density at radius 2 is 1.67 bits per heavy atom. The van der Waals surface area contributed by atoms with Gasteiger partial charge in [-0.15, -0.1) is 0 Å². The fourth-order valence-corrected chi connectivity index (χ4v) is 0.225. The van der Waals surface area contributed by atoms with Gasteiger partial charge in [-0.3, -0.25) is 4.79 Å². The van der Waals surface area contributed by atoms with E-state index in [-0.39, 0.29) is 0 Å². The van der Waals surface area contributed by atoms with E-state index in [1.165, 1.54) is 4.91 Å². The lowest BCUT2D eigenvalue weighted by Gasteiger charge is -2.14. The summed E-state index contributed by atoms with van der Waals surface area (Å²) in [6.07, 6.45) is -6.03. The highest BCUT2D eigenvalue weighted by molar-refractivity contribution is 5.84. The first-order valence-electron chi connectivity index (χ1n) is 2.27. The van der Waals surface area contributed by atoms with Crippen molar-refractivity contribution in [2.75, 3.05) is 0 Å². The molecule has 9 heteroatoms. The summed E-state index contributed by atoms with van der Waals surface area (Å²) in [5, 5.41) is 1.63. The lowest BCUT2D eigenvalue weighted by Crippen LogP contribution is -2.42.